The van der Waals surface area contributed by atoms with Crippen LogP contribution in [-0.2, 0) is 17.8 Å². The zero-order valence-corrected chi connectivity index (χ0v) is 17.7. The number of alkyl carbamates (subject to hydrolysis) is 1. The van der Waals surface area contributed by atoms with Gasteiger partial charge < -0.3 is 20.7 Å². The second-order valence-electron chi connectivity index (χ2n) is 7.66. The first kappa shape index (κ1) is 22.3. The Labute approximate surface area is 172 Å². The van der Waals surface area contributed by atoms with Crippen molar-refractivity contribution in [3.05, 3.63) is 53.9 Å². The summed E-state index contributed by atoms with van der Waals surface area (Å²) < 4.78 is 7.11. The van der Waals surface area contributed by atoms with E-state index in [1.165, 1.54) is 11.1 Å². The molecule has 8 nitrogen and oxygen atoms in total. The van der Waals surface area contributed by atoms with Gasteiger partial charge in [0.25, 0.3) is 0 Å². The molecule has 0 aliphatic rings. The van der Waals surface area contributed by atoms with Crippen LogP contribution in [0.15, 0.2) is 47.7 Å². The van der Waals surface area contributed by atoms with Gasteiger partial charge in [0.05, 0.1) is 6.54 Å². The molecule has 0 atom stereocenters. The first-order valence-corrected chi connectivity index (χ1v) is 9.82. The van der Waals surface area contributed by atoms with Gasteiger partial charge in [-0.2, -0.15) is 5.10 Å². The van der Waals surface area contributed by atoms with Crippen LogP contribution in [-0.4, -0.2) is 47.6 Å². The van der Waals surface area contributed by atoms with Crippen LogP contribution >= 0.6 is 0 Å². The molecule has 2 rings (SSSR count). The monoisotopic (exact) mass is 400 g/mol. The van der Waals surface area contributed by atoms with Crippen LogP contribution in [0.4, 0.5) is 4.79 Å². The standard InChI is InChI=1S/C21H32N6O2/c1-21(2,3)29-20(28)24-11-6-10-23-19(22-4)25-15-17-8-5-9-18(14-17)16-27-13-7-12-26-27/h5,7-9,12-14H,6,10-11,15-16H2,1-4H3,(H,24,28)(H2,22,23,25). The molecule has 158 valence electrons. The van der Waals surface area contributed by atoms with E-state index < -0.39 is 11.7 Å². The first-order chi connectivity index (χ1) is 13.9. The van der Waals surface area contributed by atoms with E-state index in [0.717, 1.165) is 18.9 Å². The van der Waals surface area contributed by atoms with Crippen LogP contribution in [0, 0.1) is 0 Å². The topological polar surface area (TPSA) is 92.6 Å². The maximum atomic E-state index is 11.6. The fraction of sp³-hybridized carbons (Fsp3) is 0.476. The molecule has 0 aliphatic carbocycles. The second kappa shape index (κ2) is 11.1. The molecule has 0 aliphatic heterocycles. The number of nitrogens with one attached hydrogen (secondary N) is 3. The van der Waals surface area contributed by atoms with Gasteiger partial charge >= 0.3 is 6.09 Å². The molecule has 0 fully saturated rings. The van der Waals surface area contributed by atoms with Crippen molar-refractivity contribution in [2.75, 3.05) is 20.1 Å². The van der Waals surface area contributed by atoms with E-state index in [1.807, 2.05) is 43.8 Å². The third-order valence-corrected chi connectivity index (χ3v) is 3.89. The summed E-state index contributed by atoms with van der Waals surface area (Å²) in [5.41, 5.74) is 1.89. The maximum absolute atomic E-state index is 11.6. The molecule has 0 saturated carbocycles. The van der Waals surface area contributed by atoms with Gasteiger partial charge in [0, 0.05) is 39.1 Å². The Hall–Kier alpha value is -3.03. The number of hydrogen-bond acceptors (Lipinski definition) is 4. The van der Waals surface area contributed by atoms with Gasteiger partial charge in [-0.3, -0.25) is 9.67 Å². The summed E-state index contributed by atoms with van der Waals surface area (Å²) >= 11 is 0. The van der Waals surface area contributed by atoms with Crippen LogP contribution in [0.25, 0.3) is 0 Å². The van der Waals surface area contributed by atoms with E-state index in [-0.39, 0.29) is 0 Å². The Morgan fingerprint density at radius 2 is 1.90 bits per heavy atom. The summed E-state index contributed by atoms with van der Waals surface area (Å²) in [6.07, 6.45) is 4.10. The number of ether oxygens (including phenoxy) is 1. The highest BCUT2D eigenvalue weighted by atomic mass is 16.6. The van der Waals surface area contributed by atoms with Crippen LogP contribution in [0.5, 0.6) is 0 Å². The van der Waals surface area contributed by atoms with Gasteiger partial charge in [-0.05, 0) is 44.4 Å². The van der Waals surface area contributed by atoms with Crippen molar-refractivity contribution in [1.29, 1.82) is 0 Å². The molecule has 3 N–H and O–H groups in total. The molecule has 29 heavy (non-hydrogen) atoms. The Balaban J connectivity index is 1.68. The molecule has 0 spiro atoms. The van der Waals surface area contributed by atoms with Crippen molar-refractivity contribution < 1.29 is 9.53 Å². The molecule has 1 aromatic heterocycles. The van der Waals surface area contributed by atoms with Gasteiger partial charge in [-0.15, -0.1) is 0 Å². The van der Waals surface area contributed by atoms with Crippen molar-refractivity contribution in [2.45, 2.75) is 45.9 Å². The minimum Gasteiger partial charge on any atom is -0.444 e. The number of nitrogens with zero attached hydrogens (tertiary/aromatic N) is 3. The summed E-state index contributed by atoms with van der Waals surface area (Å²) in [5.74, 6) is 0.722. The number of amides is 1. The van der Waals surface area contributed by atoms with Crippen LogP contribution in [0.1, 0.15) is 38.3 Å². The lowest BCUT2D eigenvalue weighted by Gasteiger charge is -2.19. The van der Waals surface area contributed by atoms with Gasteiger partial charge in [0.15, 0.2) is 5.96 Å². The largest absolute Gasteiger partial charge is 0.444 e. The minimum atomic E-state index is -0.482. The fourth-order valence-corrected chi connectivity index (χ4v) is 2.63. The average Bonchev–Trinajstić information content (AvgIpc) is 3.16. The molecule has 1 aromatic carbocycles. The zero-order valence-electron chi connectivity index (χ0n) is 17.7. The highest BCUT2D eigenvalue weighted by molar-refractivity contribution is 5.79. The molecule has 0 radical (unpaired) electrons. The Bertz CT molecular complexity index is 781. The summed E-state index contributed by atoms with van der Waals surface area (Å²) in [4.78, 5) is 15.8. The Kier molecular flexibility index (Phi) is 8.51. The van der Waals surface area contributed by atoms with Crippen molar-refractivity contribution in [3.63, 3.8) is 0 Å². The molecule has 0 bridgehead atoms. The summed E-state index contributed by atoms with van der Waals surface area (Å²) in [6, 6.07) is 10.3. The Morgan fingerprint density at radius 3 is 2.59 bits per heavy atom. The van der Waals surface area contributed by atoms with Crippen molar-refractivity contribution in [1.82, 2.24) is 25.7 Å². The van der Waals surface area contributed by atoms with Gasteiger partial charge in [0.1, 0.15) is 5.60 Å². The number of carbonyl (C=O) groups excluding carboxylic acids is 1. The lowest BCUT2D eigenvalue weighted by atomic mass is 10.1. The molecular weight excluding hydrogens is 368 g/mol. The zero-order chi connectivity index (χ0) is 21.1. The number of rotatable bonds is 8. The summed E-state index contributed by atoms with van der Waals surface area (Å²) in [7, 11) is 1.74. The molecule has 8 heteroatoms. The highest BCUT2D eigenvalue weighted by Crippen LogP contribution is 2.07. The van der Waals surface area contributed by atoms with Gasteiger partial charge in [-0.1, -0.05) is 24.3 Å². The Morgan fingerprint density at radius 1 is 1.14 bits per heavy atom. The molecule has 0 unspecified atom stereocenters. The SMILES string of the molecule is CN=C(NCCCNC(=O)OC(C)(C)C)NCc1cccc(Cn2cccn2)c1. The number of hydrogen-bond donors (Lipinski definition) is 3. The fourth-order valence-electron chi connectivity index (χ4n) is 2.63. The lowest BCUT2D eigenvalue weighted by molar-refractivity contribution is 0.0527. The van der Waals surface area contributed by atoms with Crippen LogP contribution < -0.4 is 16.0 Å². The maximum Gasteiger partial charge on any atom is 0.407 e. The second-order valence-corrected chi connectivity index (χ2v) is 7.66. The number of aromatic nitrogens is 2. The van der Waals surface area contributed by atoms with Crippen LogP contribution in [0.2, 0.25) is 0 Å². The van der Waals surface area contributed by atoms with Gasteiger partial charge in [0.2, 0.25) is 0 Å². The van der Waals surface area contributed by atoms with E-state index in [1.54, 1.807) is 13.2 Å². The number of aliphatic imine (C=N–C) groups is 1. The van der Waals surface area contributed by atoms with E-state index in [4.69, 9.17) is 4.74 Å². The van der Waals surface area contributed by atoms with E-state index in [0.29, 0.717) is 19.6 Å². The van der Waals surface area contributed by atoms with Crippen molar-refractivity contribution >= 4 is 12.1 Å². The predicted octanol–water partition coefficient (Wildman–Crippen LogP) is 2.51. The molecule has 0 saturated heterocycles. The third-order valence-electron chi connectivity index (χ3n) is 3.89. The molecule has 2 aromatic rings. The number of carbonyl (C=O) groups is 1. The third kappa shape index (κ3) is 9.14. The van der Waals surface area contributed by atoms with E-state index in [9.17, 15) is 4.79 Å². The summed E-state index contributed by atoms with van der Waals surface area (Å²) in [6.45, 7) is 8.18. The quantitative estimate of drug-likeness (QED) is 0.360. The van der Waals surface area contributed by atoms with Crippen molar-refractivity contribution in [3.8, 4) is 0 Å². The van der Waals surface area contributed by atoms with Crippen LogP contribution in [0.3, 0.4) is 0 Å². The normalized spacial score (nSPS) is 11.8. The number of guanidine groups is 1. The summed E-state index contributed by atoms with van der Waals surface area (Å²) in [5, 5.41) is 13.5. The van der Waals surface area contributed by atoms with Gasteiger partial charge in [-0.25, -0.2) is 4.79 Å². The lowest BCUT2D eigenvalue weighted by Crippen LogP contribution is -2.39. The average molecular weight is 401 g/mol. The predicted molar refractivity (Wildman–Crippen MR) is 115 cm³/mol. The highest BCUT2D eigenvalue weighted by Gasteiger charge is 2.15. The molecular formula is C21H32N6O2. The van der Waals surface area contributed by atoms with Crippen molar-refractivity contribution in [2.24, 2.45) is 4.99 Å². The molecule has 1 heterocycles. The minimum absolute atomic E-state index is 0.394. The van der Waals surface area contributed by atoms with E-state index in [2.05, 4.69) is 44.2 Å². The smallest absolute Gasteiger partial charge is 0.407 e. The van der Waals surface area contributed by atoms with E-state index >= 15 is 0 Å². The molecule has 1 amide bonds. The first-order valence-electron chi connectivity index (χ1n) is 9.82. The number of benzene rings is 1.